The van der Waals surface area contributed by atoms with Gasteiger partial charge < -0.3 is 10.6 Å². The number of carbonyl (C=O) groups excluding carboxylic acids is 2. The summed E-state index contributed by atoms with van der Waals surface area (Å²) in [7, 11) is 0. The van der Waals surface area contributed by atoms with Crippen molar-refractivity contribution in [3.63, 3.8) is 0 Å². The second-order valence-corrected chi connectivity index (χ2v) is 11.8. The number of thioether (sulfide) groups is 1. The Morgan fingerprint density at radius 1 is 0.805 bits per heavy atom. The number of carbonyl (C=O) groups is 2. The van der Waals surface area contributed by atoms with Gasteiger partial charge in [-0.05, 0) is 55.3 Å². The molecule has 0 saturated heterocycles. The molecule has 7 heteroatoms. The van der Waals surface area contributed by atoms with Crippen LogP contribution in [0.4, 0.5) is 10.8 Å². The second-order valence-electron chi connectivity index (χ2n) is 9.45. The van der Waals surface area contributed by atoms with Gasteiger partial charge in [-0.2, -0.15) is 0 Å². The Labute approximate surface area is 248 Å². The number of thiazole rings is 1. The van der Waals surface area contributed by atoms with Gasteiger partial charge in [0, 0.05) is 27.1 Å². The molecule has 0 saturated carbocycles. The molecule has 5 aromatic rings. The lowest BCUT2D eigenvalue weighted by Crippen LogP contribution is -2.19. The van der Waals surface area contributed by atoms with Crippen LogP contribution in [0.25, 0.3) is 17.3 Å². The molecule has 5 nitrogen and oxygen atoms in total. The number of hydrogen-bond donors (Lipinski definition) is 2. The summed E-state index contributed by atoms with van der Waals surface area (Å²) in [5, 5.41) is 6.02. The molecule has 5 rings (SSSR count). The number of anilines is 2. The summed E-state index contributed by atoms with van der Waals surface area (Å²) in [6.45, 7) is 4.07. The maximum absolute atomic E-state index is 13.6. The molecule has 0 aliphatic carbocycles. The average Bonchev–Trinajstić information content (AvgIpc) is 3.36. The summed E-state index contributed by atoms with van der Waals surface area (Å²) in [5.74, 6) is -0.353. The zero-order chi connectivity index (χ0) is 28.6. The number of amides is 2. The summed E-state index contributed by atoms with van der Waals surface area (Å²) in [6, 6.07) is 35.1. The van der Waals surface area contributed by atoms with Gasteiger partial charge in [-0.15, -0.1) is 23.1 Å². The minimum absolute atomic E-state index is 0.145. The standard InChI is InChI=1S/C34H29N3O2S2/c1-23-13-16-26(17-14-23)31-24(2)40-34(36-31)37-33(39)32(27-11-7-4-8-12-27)41-29-20-18-28(19-21-29)35-30(38)22-15-25-9-5-3-6-10-25/h3-22,32H,1-2H3,(H,35,38)(H,36,37,39)/b22-15+. The first-order valence-electron chi connectivity index (χ1n) is 13.2. The van der Waals surface area contributed by atoms with Gasteiger partial charge in [-0.1, -0.05) is 90.5 Å². The lowest BCUT2D eigenvalue weighted by atomic mass is 10.1. The van der Waals surface area contributed by atoms with E-state index in [1.165, 1.54) is 34.7 Å². The van der Waals surface area contributed by atoms with Gasteiger partial charge in [-0.25, -0.2) is 4.98 Å². The molecular formula is C34H29N3O2S2. The van der Waals surface area contributed by atoms with Gasteiger partial charge in [0.1, 0.15) is 5.25 Å². The summed E-state index contributed by atoms with van der Waals surface area (Å²) < 4.78 is 0. The topological polar surface area (TPSA) is 71.1 Å². The maximum Gasteiger partial charge on any atom is 0.248 e. The number of nitrogens with zero attached hydrogens (tertiary/aromatic N) is 1. The first-order chi connectivity index (χ1) is 19.9. The van der Waals surface area contributed by atoms with E-state index in [0.29, 0.717) is 10.8 Å². The Balaban J connectivity index is 1.28. The van der Waals surface area contributed by atoms with Crippen molar-refractivity contribution in [1.29, 1.82) is 0 Å². The number of benzene rings is 4. The number of nitrogens with one attached hydrogen (secondary N) is 2. The van der Waals surface area contributed by atoms with Crippen LogP contribution >= 0.6 is 23.1 Å². The van der Waals surface area contributed by atoms with Crippen LogP contribution in [-0.2, 0) is 9.59 Å². The Bertz CT molecular complexity index is 1650. The van der Waals surface area contributed by atoms with Crippen molar-refractivity contribution in [2.75, 3.05) is 10.6 Å². The first-order valence-corrected chi connectivity index (χ1v) is 14.9. The van der Waals surface area contributed by atoms with E-state index in [-0.39, 0.29) is 11.8 Å². The highest BCUT2D eigenvalue weighted by Crippen LogP contribution is 2.38. The Hall–Kier alpha value is -4.46. The molecule has 2 N–H and O–H groups in total. The van der Waals surface area contributed by atoms with E-state index in [1.54, 1.807) is 6.08 Å². The van der Waals surface area contributed by atoms with Gasteiger partial charge in [0.25, 0.3) is 0 Å². The molecule has 2 amide bonds. The fourth-order valence-electron chi connectivity index (χ4n) is 4.17. The van der Waals surface area contributed by atoms with Crippen molar-refractivity contribution in [2.45, 2.75) is 24.0 Å². The average molecular weight is 576 g/mol. The number of rotatable bonds is 9. The molecule has 1 atom stereocenters. The summed E-state index contributed by atoms with van der Waals surface area (Å²) in [5.41, 5.74) is 5.63. The van der Waals surface area contributed by atoms with Crippen molar-refractivity contribution in [2.24, 2.45) is 0 Å². The Kier molecular flexibility index (Phi) is 9.08. The molecule has 1 unspecified atom stereocenters. The third-order valence-electron chi connectivity index (χ3n) is 6.29. The molecule has 1 aromatic heterocycles. The van der Waals surface area contributed by atoms with E-state index in [9.17, 15) is 9.59 Å². The van der Waals surface area contributed by atoms with E-state index in [2.05, 4.69) is 41.8 Å². The van der Waals surface area contributed by atoms with E-state index in [4.69, 9.17) is 4.98 Å². The van der Waals surface area contributed by atoms with Crippen molar-refractivity contribution >= 4 is 51.8 Å². The maximum atomic E-state index is 13.6. The van der Waals surface area contributed by atoms with Gasteiger partial charge in [0.2, 0.25) is 11.8 Å². The van der Waals surface area contributed by atoms with Crippen LogP contribution in [0.3, 0.4) is 0 Å². The van der Waals surface area contributed by atoms with Gasteiger partial charge in [-0.3, -0.25) is 9.59 Å². The van der Waals surface area contributed by atoms with Crippen LogP contribution < -0.4 is 10.6 Å². The Morgan fingerprint density at radius 2 is 1.46 bits per heavy atom. The quantitative estimate of drug-likeness (QED) is 0.136. The highest BCUT2D eigenvalue weighted by atomic mass is 32.2. The minimum Gasteiger partial charge on any atom is -0.323 e. The SMILES string of the molecule is Cc1ccc(-c2nc(NC(=O)C(Sc3ccc(NC(=O)/C=C/c4ccccc4)cc3)c3ccccc3)sc2C)cc1. The molecule has 0 radical (unpaired) electrons. The zero-order valence-electron chi connectivity index (χ0n) is 22.7. The zero-order valence-corrected chi connectivity index (χ0v) is 24.3. The molecule has 204 valence electrons. The second kappa shape index (κ2) is 13.3. The minimum atomic E-state index is -0.488. The number of aryl methyl sites for hydroxylation is 2. The molecule has 0 aliphatic heterocycles. The number of aromatic nitrogens is 1. The van der Waals surface area contributed by atoms with E-state index in [0.717, 1.165) is 32.2 Å². The molecule has 0 bridgehead atoms. The van der Waals surface area contributed by atoms with Crippen LogP contribution in [0.2, 0.25) is 0 Å². The summed E-state index contributed by atoms with van der Waals surface area (Å²) in [4.78, 5) is 32.6. The summed E-state index contributed by atoms with van der Waals surface area (Å²) in [6.07, 6.45) is 3.29. The van der Waals surface area contributed by atoms with Crippen LogP contribution in [0.5, 0.6) is 0 Å². The van der Waals surface area contributed by atoms with Gasteiger partial charge >= 0.3 is 0 Å². The molecule has 0 fully saturated rings. The smallest absolute Gasteiger partial charge is 0.248 e. The predicted octanol–water partition coefficient (Wildman–Crippen LogP) is 8.55. The lowest BCUT2D eigenvalue weighted by molar-refractivity contribution is -0.116. The Morgan fingerprint density at radius 3 is 2.15 bits per heavy atom. The lowest BCUT2D eigenvalue weighted by Gasteiger charge is -2.16. The van der Waals surface area contributed by atoms with Crippen molar-refractivity contribution < 1.29 is 9.59 Å². The van der Waals surface area contributed by atoms with E-state index < -0.39 is 5.25 Å². The van der Waals surface area contributed by atoms with Crippen molar-refractivity contribution in [1.82, 2.24) is 4.98 Å². The fraction of sp³-hybridized carbons (Fsp3) is 0.0882. The molecule has 0 spiro atoms. The van der Waals surface area contributed by atoms with Crippen LogP contribution in [0.15, 0.2) is 120 Å². The first kappa shape index (κ1) is 28.1. The third-order valence-corrected chi connectivity index (χ3v) is 8.45. The fourth-order valence-corrected chi connectivity index (χ4v) is 6.04. The number of hydrogen-bond acceptors (Lipinski definition) is 5. The molecular weight excluding hydrogens is 547 g/mol. The van der Waals surface area contributed by atoms with E-state index >= 15 is 0 Å². The molecule has 0 aliphatic rings. The highest BCUT2D eigenvalue weighted by molar-refractivity contribution is 8.00. The van der Waals surface area contributed by atoms with E-state index in [1.807, 2.05) is 91.9 Å². The van der Waals surface area contributed by atoms with Crippen LogP contribution in [-0.4, -0.2) is 16.8 Å². The van der Waals surface area contributed by atoms with Crippen LogP contribution in [0, 0.1) is 13.8 Å². The third kappa shape index (κ3) is 7.60. The van der Waals surface area contributed by atoms with Gasteiger partial charge in [0.05, 0.1) is 5.69 Å². The van der Waals surface area contributed by atoms with Crippen molar-refractivity contribution in [3.05, 3.63) is 137 Å². The van der Waals surface area contributed by atoms with Gasteiger partial charge in [0.15, 0.2) is 5.13 Å². The largest absolute Gasteiger partial charge is 0.323 e. The summed E-state index contributed by atoms with van der Waals surface area (Å²) >= 11 is 2.92. The monoisotopic (exact) mass is 575 g/mol. The molecule has 4 aromatic carbocycles. The normalized spacial score (nSPS) is 11.8. The molecule has 41 heavy (non-hydrogen) atoms. The molecule has 1 heterocycles. The van der Waals surface area contributed by atoms with Crippen molar-refractivity contribution in [3.8, 4) is 11.3 Å². The predicted molar refractivity (Wildman–Crippen MR) is 171 cm³/mol. The van der Waals surface area contributed by atoms with Crippen LogP contribution in [0.1, 0.15) is 26.8 Å². The highest BCUT2D eigenvalue weighted by Gasteiger charge is 2.24.